The van der Waals surface area contributed by atoms with Gasteiger partial charge in [0, 0.05) is 30.3 Å². The molecule has 23 heavy (non-hydrogen) atoms. The maximum atomic E-state index is 12.6. The molecule has 4 nitrogen and oxygen atoms in total. The van der Waals surface area contributed by atoms with Crippen molar-refractivity contribution in [2.24, 2.45) is 0 Å². The van der Waals surface area contributed by atoms with E-state index >= 15 is 0 Å². The summed E-state index contributed by atoms with van der Waals surface area (Å²) in [6.07, 6.45) is 2.99. The van der Waals surface area contributed by atoms with E-state index in [1.807, 2.05) is 10.8 Å². The Balaban J connectivity index is 2.17. The van der Waals surface area contributed by atoms with Gasteiger partial charge in [-0.1, -0.05) is 6.92 Å². The molecular formula is C17H17F2NO3. The molecule has 6 heteroatoms. The summed E-state index contributed by atoms with van der Waals surface area (Å²) < 4.78 is 37.0. The summed E-state index contributed by atoms with van der Waals surface area (Å²) in [4.78, 5) is 12.2. The minimum atomic E-state index is -2.94. The smallest absolute Gasteiger partial charge is 0.387 e. The van der Waals surface area contributed by atoms with Crippen LogP contribution in [0.15, 0.2) is 24.4 Å². The first kappa shape index (κ1) is 15.5. The van der Waals surface area contributed by atoms with E-state index in [9.17, 15) is 13.6 Å². The highest BCUT2D eigenvalue weighted by atomic mass is 19.3. The zero-order valence-corrected chi connectivity index (χ0v) is 12.9. The van der Waals surface area contributed by atoms with Gasteiger partial charge in [-0.3, -0.25) is 4.79 Å². The van der Waals surface area contributed by atoms with E-state index in [4.69, 9.17) is 4.74 Å². The summed E-state index contributed by atoms with van der Waals surface area (Å²) >= 11 is 0. The quantitative estimate of drug-likeness (QED) is 0.784. The molecule has 0 radical (unpaired) electrons. The first-order chi connectivity index (χ1) is 11.0. The fourth-order valence-corrected chi connectivity index (χ4v) is 2.99. The number of carbonyl (C=O) groups is 1. The SMILES string of the molecule is CCC(=O)c1ccn2c1-c1cc(OC(F)F)c(OC)cc1CC2. The number of benzene rings is 1. The number of alkyl halides is 2. The number of nitrogens with zero attached hydrogens (tertiary/aromatic N) is 1. The van der Waals surface area contributed by atoms with Crippen molar-refractivity contribution in [3.8, 4) is 22.8 Å². The van der Waals surface area contributed by atoms with Crippen molar-refractivity contribution in [1.82, 2.24) is 4.57 Å². The number of halogens is 2. The third-order valence-corrected chi connectivity index (χ3v) is 4.07. The molecule has 1 aliphatic heterocycles. The Morgan fingerprint density at radius 1 is 1.35 bits per heavy atom. The van der Waals surface area contributed by atoms with Crippen LogP contribution in [0, 0.1) is 0 Å². The van der Waals surface area contributed by atoms with Crippen molar-refractivity contribution in [2.45, 2.75) is 32.9 Å². The van der Waals surface area contributed by atoms with Crippen LogP contribution in [0.25, 0.3) is 11.3 Å². The third kappa shape index (κ3) is 2.69. The van der Waals surface area contributed by atoms with E-state index in [1.54, 1.807) is 19.1 Å². The van der Waals surface area contributed by atoms with E-state index in [0.717, 1.165) is 29.8 Å². The highest BCUT2D eigenvalue weighted by molar-refractivity contribution is 6.02. The van der Waals surface area contributed by atoms with E-state index in [-0.39, 0.29) is 17.3 Å². The summed E-state index contributed by atoms with van der Waals surface area (Å²) in [5.74, 6) is 0.275. The van der Waals surface area contributed by atoms with E-state index in [2.05, 4.69) is 4.74 Å². The lowest BCUT2D eigenvalue weighted by molar-refractivity contribution is -0.0512. The van der Waals surface area contributed by atoms with Gasteiger partial charge in [0.2, 0.25) is 0 Å². The lowest BCUT2D eigenvalue weighted by atomic mass is 9.94. The van der Waals surface area contributed by atoms with Crippen molar-refractivity contribution in [3.63, 3.8) is 0 Å². The summed E-state index contributed by atoms with van der Waals surface area (Å²) in [6, 6.07) is 5.04. The number of aryl methyl sites for hydroxylation is 2. The Morgan fingerprint density at radius 2 is 2.13 bits per heavy atom. The average Bonchev–Trinajstić information content (AvgIpc) is 2.97. The monoisotopic (exact) mass is 321 g/mol. The lowest BCUT2D eigenvalue weighted by Gasteiger charge is -2.23. The number of aromatic nitrogens is 1. The van der Waals surface area contributed by atoms with Gasteiger partial charge in [0.15, 0.2) is 17.3 Å². The first-order valence-corrected chi connectivity index (χ1v) is 7.43. The van der Waals surface area contributed by atoms with Gasteiger partial charge in [-0.2, -0.15) is 8.78 Å². The number of carbonyl (C=O) groups excluding carboxylic acids is 1. The highest BCUT2D eigenvalue weighted by Crippen LogP contribution is 2.41. The number of rotatable bonds is 5. The van der Waals surface area contributed by atoms with Gasteiger partial charge in [-0.05, 0) is 30.2 Å². The van der Waals surface area contributed by atoms with Crippen LogP contribution in [-0.4, -0.2) is 24.1 Å². The van der Waals surface area contributed by atoms with Crippen molar-refractivity contribution in [3.05, 3.63) is 35.5 Å². The third-order valence-electron chi connectivity index (χ3n) is 4.07. The van der Waals surface area contributed by atoms with Crippen LogP contribution in [0.3, 0.4) is 0 Å². The highest BCUT2D eigenvalue weighted by Gasteiger charge is 2.25. The van der Waals surface area contributed by atoms with Crippen LogP contribution >= 0.6 is 0 Å². The molecule has 2 aromatic rings. The Bertz CT molecular complexity index is 753. The van der Waals surface area contributed by atoms with Crippen molar-refractivity contribution in [1.29, 1.82) is 0 Å². The summed E-state index contributed by atoms with van der Waals surface area (Å²) in [6.45, 7) is -0.401. The predicted molar refractivity (Wildman–Crippen MR) is 81.4 cm³/mol. The molecule has 0 atom stereocenters. The molecule has 0 fully saturated rings. The topological polar surface area (TPSA) is 40.5 Å². The van der Waals surface area contributed by atoms with Gasteiger partial charge in [0.25, 0.3) is 0 Å². The number of Topliss-reactive ketones (excluding diaryl/α,β-unsaturated/α-hetero) is 1. The molecule has 0 unspecified atom stereocenters. The number of ketones is 1. The Hall–Kier alpha value is -2.37. The van der Waals surface area contributed by atoms with Crippen molar-refractivity contribution in [2.75, 3.05) is 7.11 Å². The van der Waals surface area contributed by atoms with E-state index in [0.29, 0.717) is 12.0 Å². The summed E-state index contributed by atoms with van der Waals surface area (Å²) in [5, 5.41) is 0. The molecule has 1 aliphatic rings. The Morgan fingerprint density at radius 3 is 2.78 bits per heavy atom. The van der Waals surface area contributed by atoms with Crippen LogP contribution < -0.4 is 9.47 Å². The fraction of sp³-hybridized carbons (Fsp3) is 0.353. The van der Waals surface area contributed by atoms with E-state index in [1.165, 1.54) is 13.2 Å². The average molecular weight is 321 g/mol. The summed E-state index contributed by atoms with van der Waals surface area (Å²) in [7, 11) is 1.41. The first-order valence-electron chi connectivity index (χ1n) is 7.43. The number of hydrogen-bond acceptors (Lipinski definition) is 3. The van der Waals surface area contributed by atoms with Gasteiger partial charge in [-0.15, -0.1) is 0 Å². The van der Waals surface area contributed by atoms with Crippen molar-refractivity contribution < 1.29 is 23.0 Å². The largest absolute Gasteiger partial charge is 0.493 e. The summed E-state index contributed by atoms with van der Waals surface area (Å²) in [5.41, 5.74) is 3.08. The maximum absolute atomic E-state index is 12.6. The second-order valence-corrected chi connectivity index (χ2v) is 5.34. The van der Waals surface area contributed by atoms with Gasteiger partial charge in [-0.25, -0.2) is 0 Å². The number of ether oxygens (including phenoxy) is 2. The van der Waals surface area contributed by atoms with Gasteiger partial charge < -0.3 is 14.0 Å². The van der Waals surface area contributed by atoms with Crippen LogP contribution in [0.2, 0.25) is 0 Å². The van der Waals surface area contributed by atoms with E-state index < -0.39 is 6.61 Å². The minimum Gasteiger partial charge on any atom is -0.493 e. The molecule has 0 bridgehead atoms. The molecule has 2 heterocycles. The number of methoxy groups -OCH3 is 1. The Kier molecular flexibility index (Phi) is 4.07. The molecule has 1 aromatic heterocycles. The molecule has 0 saturated carbocycles. The molecule has 0 N–H and O–H groups in total. The second kappa shape index (κ2) is 6.02. The molecule has 0 spiro atoms. The van der Waals surface area contributed by atoms with Gasteiger partial charge in [0.1, 0.15) is 0 Å². The van der Waals surface area contributed by atoms with Crippen LogP contribution in [0.4, 0.5) is 8.78 Å². The van der Waals surface area contributed by atoms with Crippen LogP contribution in [0.5, 0.6) is 11.5 Å². The van der Waals surface area contributed by atoms with Crippen molar-refractivity contribution >= 4 is 5.78 Å². The lowest BCUT2D eigenvalue weighted by Crippen LogP contribution is -2.13. The Labute approximate surface area is 132 Å². The number of hydrogen-bond donors (Lipinski definition) is 0. The molecule has 0 aliphatic carbocycles. The molecular weight excluding hydrogens is 304 g/mol. The predicted octanol–water partition coefficient (Wildman–Crippen LogP) is 3.91. The zero-order valence-electron chi connectivity index (χ0n) is 12.9. The standard InChI is InChI=1S/C17H17F2NO3/c1-3-13(21)11-5-7-20-6-4-10-8-14(22-2)15(23-17(18)19)9-12(10)16(11)20/h5,7-9,17H,3-4,6H2,1-2H3. The molecule has 1 aromatic carbocycles. The van der Waals surface area contributed by atoms with Crippen LogP contribution in [0.1, 0.15) is 29.3 Å². The molecule has 0 saturated heterocycles. The second-order valence-electron chi connectivity index (χ2n) is 5.34. The van der Waals surface area contributed by atoms with Gasteiger partial charge >= 0.3 is 6.61 Å². The minimum absolute atomic E-state index is 0.0224. The maximum Gasteiger partial charge on any atom is 0.387 e. The number of fused-ring (bicyclic) bond motifs is 3. The van der Waals surface area contributed by atoms with Gasteiger partial charge in [0.05, 0.1) is 12.8 Å². The van der Waals surface area contributed by atoms with Crippen LogP contribution in [-0.2, 0) is 13.0 Å². The molecule has 3 rings (SSSR count). The zero-order chi connectivity index (χ0) is 16.6. The molecule has 0 amide bonds. The fourth-order valence-electron chi connectivity index (χ4n) is 2.99. The normalized spacial score (nSPS) is 12.7. The molecule has 122 valence electrons.